The third-order valence-corrected chi connectivity index (χ3v) is 5.49. The van der Waals surface area contributed by atoms with Gasteiger partial charge in [-0.15, -0.1) is 0 Å². The number of carbonyl (C=O) groups is 2. The van der Waals surface area contributed by atoms with Gasteiger partial charge in [-0.2, -0.15) is 0 Å². The van der Waals surface area contributed by atoms with Gasteiger partial charge in [-0.05, 0) is 71.7 Å². The molecule has 0 saturated carbocycles. The van der Waals surface area contributed by atoms with E-state index in [9.17, 15) is 9.59 Å². The molecule has 0 aliphatic rings. The van der Waals surface area contributed by atoms with Gasteiger partial charge in [0.05, 0.1) is 0 Å². The molecule has 4 rings (SSSR count). The molecule has 0 unspecified atom stereocenters. The number of benzene rings is 3. The van der Waals surface area contributed by atoms with E-state index in [0.717, 1.165) is 10.9 Å². The standard InChI is InChI=1S/C27H25N3O3S/c1-27(2,3)19-10-8-17(9-11-19)24(31)30-26(34)29-21-14-12-20(13-15-21)28-25(32)23-16-18-6-4-5-7-22(18)33-23/h4-16H,1-3H3,(H,28,32)(H2,29,30,31,34). The van der Waals surface area contributed by atoms with Crippen LogP contribution in [0.1, 0.15) is 47.2 Å². The molecule has 7 heteroatoms. The van der Waals surface area contributed by atoms with Crippen LogP contribution < -0.4 is 16.0 Å². The monoisotopic (exact) mass is 471 g/mol. The fraction of sp³-hybridized carbons (Fsp3) is 0.148. The molecule has 1 heterocycles. The molecule has 0 fully saturated rings. The molecule has 3 aromatic carbocycles. The van der Waals surface area contributed by atoms with Crippen molar-refractivity contribution in [3.63, 3.8) is 0 Å². The van der Waals surface area contributed by atoms with Crippen molar-refractivity contribution in [2.75, 3.05) is 10.6 Å². The maximum absolute atomic E-state index is 12.5. The first kappa shape index (κ1) is 23.2. The molecule has 0 aliphatic carbocycles. The lowest BCUT2D eigenvalue weighted by molar-refractivity contribution is 0.0975. The molecule has 0 spiro atoms. The number of rotatable bonds is 4. The second-order valence-corrected chi connectivity index (χ2v) is 9.32. The maximum atomic E-state index is 12.5. The van der Waals surface area contributed by atoms with Gasteiger partial charge in [0.1, 0.15) is 5.58 Å². The van der Waals surface area contributed by atoms with E-state index in [1.54, 1.807) is 42.5 Å². The highest BCUT2D eigenvalue weighted by Crippen LogP contribution is 2.23. The number of fused-ring (bicyclic) bond motifs is 1. The van der Waals surface area contributed by atoms with Crippen molar-refractivity contribution in [1.29, 1.82) is 0 Å². The number of para-hydroxylation sites is 1. The molecule has 1 aromatic heterocycles. The summed E-state index contributed by atoms with van der Waals surface area (Å²) < 4.78 is 5.59. The van der Waals surface area contributed by atoms with Gasteiger partial charge < -0.3 is 15.1 Å². The van der Waals surface area contributed by atoms with Gasteiger partial charge >= 0.3 is 0 Å². The lowest BCUT2D eigenvalue weighted by Gasteiger charge is -2.19. The van der Waals surface area contributed by atoms with Crippen molar-refractivity contribution < 1.29 is 14.0 Å². The summed E-state index contributed by atoms with van der Waals surface area (Å²) in [7, 11) is 0. The average molecular weight is 472 g/mol. The normalized spacial score (nSPS) is 11.1. The van der Waals surface area contributed by atoms with Crippen LogP contribution in [0.2, 0.25) is 0 Å². The third kappa shape index (κ3) is 5.50. The summed E-state index contributed by atoms with van der Waals surface area (Å²) in [5.41, 5.74) is 3.63. The highest BCUT2D eigenvalue weighted by molar-refractivity contribution is 7.80. The van der Waals surface area contributed by atoms with Crippen molar-refractivity contribution >= 4 is 51.5 Å². The molecule has 34 heavy (non-hydrogen) atoms. The quantitative estimate of drug-likeness (QED) is 0.313. The lowest BCUT2D eigenvalue weighted by Crippen LogP contribution is -2.34. The predicted molar refractivity (Wildman–Crippen MR) is 139 cm³/mol. The molecule has 2 amide bonds. The second kappa shape index (κ2) is 9.49. The average Bonchev–Trinajstić information content (AvgIpc) is 3.24. The highest BCUT2D eigenvalue weighted by Gasteiger charge is 2.15. The van der Waals surface area contributed by atoms with Gasteiger partial charge in [0.2, 0.25) is 0 Å². The van der Waals surface area contributed by atoms with E-state index in [4.69, 9.17) is 16.6 Å². The predicted octanol–water partition coefficient (Wildman–Crippen LogP) is 6.11. The van der Waals surface area contributed by atoms with Crippen LogP contribution in [-0.2, 0) is 5.41 Å². The number of furan rings is 1. The zero-order chi connectivity index (χ0) is 24.3. The van der Waals surface area contributed by atoms with Crippen LogP contribution in [-0.4, -0.2) is 16.9 Å². The molecule has 0 saturated heterocycles. The summed E-state index contributed by atoms with van der Waals surface area (Å²) in [6.07, 6.45) is 0. The Bertz CT molecular complexity index is 1320. The minimum atomic E-state index is -0.336. The SMILES string of the molecule is CC(C)(C)c1ccc(C(=O)NC(=S)Nc2ccc(NC(=O)c3cc4ccccc4o3)cc2)cc1. The molecule has 6 nitrogen and oxygen atoms in total. The van der Waals surface area contributed by atoms with Gasteiger partial charge in [-0.1, -0.05) is 51.1 Å². The number of hydrogen-bond donors (Lipinski definition) is 3. The Labute approximate surface area is 203 Å². The van der Waals surface area contributed by atoms with E-state index < -0.39 is 0 Å². The minimum Gasteiger partial charge on any atom is -0.451 e. The fourth-order valence-corrected chi connectivity index (χ4v) is 3.59. The van der Waals surface area contributed by atoms with Gasteiger partial charge in [0.25, 0.3) is 11.8 Å². The smallest absolute Gasteiger partial charge is 0.291 e. The molecule has 4 aromatic rings. The van der Waals surface area contributed by atoms with E-state index in [1.165, 1.54) is 0 Å². The van der Waals surface area contributed by atoms with Crippen LogP contribution in [0, 0.1) is 0 Å². The summed E-state index contributed by atoms with van der Waals surface area (Å²) in [5.74, 6) is -0.382. The maximum Gasteiger partial charge on any atom is 0.291 e. The number of nitrogens with one attached hydrogen (secondary N) is 3. The Hall–Kier alpha value is -3.97. The van der Waals surface area contributed by atoms with E-state index in [2.05, 4.69) is 36.7 Å². The second-order valence-electron chi connectivity index (χ2n) is 8.92. The van der Waals surface area contributed by atoms with Gasteiger partial charge in [-0.25, -0.2) is 0 Å². The van der Waals surface area contributed by atoms with Crippen molar-refractivity contribution in [1.82, 2.24) is 5.32 Å². The van der Waals surface area contributed by atoms with Crippen molar-refractivity contribution in [2.45, 2.75) is 26.2 Å². The van der Waals surface area contributed by atoms with Crippen LogP contribution in [0.15, 0.2) is 83.3 Å². The van der Waals surface area contributed by atoms with Gasteiger partial charge in [0, 0.05) is 22.3 Å². The number of carbonyl (C=O) groups excluding carboxylic acids is 2. The summed E-state index contributed by atoms with van der Waals surface area (Å²) in [5, 5.41) is 9.52. The Morgan fingerprint density at radius 2 is 1.41 bits per heavy atom. The molecule has 0 aliphatic heterocycles. The van der Waals surface area contributed by atoms with Crippen LogP contribution in [0.25, 0.3) is 11.0 Å². The van der Waals surface area contributed by atoms with Crippen molar-refractivity contribution in [3.05, 3.63) is 95.7 Å². The van der Waals surface area contributed by atoms with Crippen LogP contribution in [0.3, 0.4) is 0 Å². The first-order valence-electron chi connectivity index (χ1n) is 10.8. The van der Waals surface area contributed by atoms with Gasteiger partial charge in [0.15, 0.2) is 10.9 Å². The van der Waals surface area contributed by atoms with E-state index >= 15 is 0 Å². The van der Waals surface area contributed by atoms with Crippen LogP contribution in [0.4, 0.5) is 11.4 Å². The van der Waals surface area contributed by atoms with Crippen LogP contribution >= 0.6 is 12.2 Å². The van der Waals surface area contributed by atoms with Gasteiger partial charge in [-0.3, -0.25) is 14.9 Å². The lowest BCUT2D eigenvalue weighted by atomic mass is 9.87. The van der Waals surface area contributed by atoms with E-state index in [-0.39, 0.29) is 28.1 Å². The third-order valence-electron chi connectivity index (χ3n) is 5.29. The van der Waals surface area contributed by atoms with Crippen LogP contribution in [0.5, 0.6) is 0 Å². The zero-order valence-corrected chi connectivity index (χ0v) is 20.0. The summed E-state index contributed by atoms with van der Waals surface area (Å²) >= 11 is 5.27. The topological polar surface area (TPSA) is 83.4 Å². The number of thiocarbonyl (C=S) groups is 1. The summed E-state index contributed by atoms with van der Waals surface area (Å²) in [6.45, 7) is 6.37. The Balaban J connectivity index is 1.32. The Kier molecular flexibility index (Phi) is 6.47. The molecular weight excluding hydrogens is 446 g/mol. The van der Waals surface area contributed by atoms with E-state index in [1.807, 2.05) is 36.4 Å². The van der Waals surface area contributed by atoms with E-state index in [0.29, 0.717) is 22.5 Å². The van der Waals surface area contributed by atoms with Crippen molar-refractivity contribution in [3.8, 4) is 0 Å². The van der Waals surface area contributed by atoms with Crippen molar-refractivity contribution in [2.24, 2.45) is 0 Å². The minimum absolute atomic E-state index is 0.0174. The summed E-state index contributed by atoms with van der Waals surface area (Å²) in [6, 6.07) is 23.6. The Morgan fingerprint density at radius 1 is 0.794 bits per heavy atom. The number of anilines is 2. The largest absolute Gasteiger partial charge is 0.451 e. The Morgan fingerprint density at radius 3 is 2.03 bits per heavy atom. The molecule has 172 valence electrons. The highest BCUT2D eigenvalue weighted by atomic mass is 32.1. The number of amides is 2. The molecule has 3 N–H and O–H groups in total. The molecule has 0 radical (unpaired) electrons. The molecule has 0 atom stereocenters. The fourth-order valence-electron chi connectivity index (χ4n) is 3.38. The molecule has 0 bridgehead atoms. The molecular formula is C27H25N3O3S. The zero-order valence-electron chi connectivity index (χ0n) is 19.1. The number of hydrogen-bond acceptors (Lipinski definition) is 4. The summed E-state index contributed by atoms with van der Waals surface area (Å²) in [4.78, 5) is 25.0. The first-order valence-corrected chi connectivity index (χ1v) is 11.2. The first-order chi connectivity index (χ1) is 16.2.